The largest absolute Gasteiger partial charge is 0.398 e. The van der Waals surface area contributed by atoms with Crippen LogP contribution in [0, 0.1) is 20.8 Å². The molecule has 0 spiro atoms. The Morgan fingerprint density at radius 1 is 1.28 bits per heavy atom. The van der Waals surface area contributed by atoms with Gasteiger partial charge in [-0.15, -0.1) is 11.3 Å². The number of nitrogens with zero attached hydrogens (tertiary/aromatic N) is 1. The Morgan fingerprint density at radius 3 is 2.56 bits per heavy atom. The summed E-state index contributed by atoms with van der Waals surface area (Å²) < 4.78 is 0. The molecule has 0 fully saturated rings. The first kappa shape index (κ1) is 12.6. The summed E-state index contributed by atoms with van der Waals surface area (Å²) in [6.45, 7) is 5.76. The number of pyridine rings is 1. The van der Waals surface area contributed by atoms with Gasteiger partial charge in [0.2, 0.25) is 0 Å². The van der Waals surface area contributed by atoms with Gasteiger partial charge < -0.3 is 11.1 Å². The number of nitrogen functional groups attached to an aromatic ring is 1. The standard InChI is InChI=1S/C13H15N3OS/c1-7-4-8(2)15-12(5-7)16-13(17)11-6-10(14)9(3)18-11/h4-6H,14H2,1-3H3,(H,15,16,17). The lowest BCUT2D eigenvalue weighted by Crippen LogP contribution is -2.11. The first-order valence-corrected chi connectivity index (χ1v) is 6.40. The van der Waals surface area contributed by atoms with Crippen LogP contribution < -0.4 is 11.1 Å². The van der Waals surface area contributed by atoms with E-state index in [9.17, 15) is 4.79 Å². The van der Waals surface area contributed by atoms with E-state index in [-0.39, 0.29) is 5.91 Å². The van der Waals surface area contributed by atoms with Gasteiger partial charge in [-0.25, -0.2) is 4.98 Å². The van der Waals surface area contributed by atoms with E-state index in [1.54, 1.807) is 6.07 Å². The third kappa shape index (κ3) is 2.68. The minimum atomic E-state index is -0.169. The molecule has 0 saturated heterocycles. The van der Waals surface area contributed by atoms with Crippen molar-refractivity contribution in [3.05, 3.63) is 39.2 Å². The molecular weight excluding hydrogens is 246 g/mol. The van der Waals surface area contributed by atoms with Crippen molar-refractivity contribution in [3.8, 4) is 0 Å². The molecule has 0 saturated carbocycles. The van der Waals surface area contributed by atoms with Crippen molar-refractivity contribution >= 4 is 28.7 Å². The number of nitrogens with two attached hydrogens (primary N) is 1. The van der Waals surface area contributed by atoms with Crippen molar-refractivity contribution in [2.45, 2.75) is 20.8 Å². The molecule has 1 amide bonds. The monoisotopic (exact) mass is 261 g/mol. The van der Waals surface area contributed by atoms with Crippen molar-refractivity contribution in [1.82, 2.24) is 4.98 Å². The number of carbonyl (C=O) groups excluding carboxylic acids is 1. The number of rotatable bonds is 2. The van der Waals surface area contributed by atoms with Crippen molar-refractivity contribution < 1.29 is 4.79 Å². The number of aromatic nitrogens is 1. The van der Waals surface area contributed by atoms with Crippen LogP contribution in [0.3, 0.4) is 0 Å². The molecular formula is C13H15N3OS. The van der Waals surface area contributed by atoms with Crippen LogP contribution in [-0.4, -0.2) is 10.9 Å². The highest BCUT2D eigenvalue weighted by Gasteiger charge is 2.11. The van der Waals surface area contributed by atoms with E-state index in [0.717, 1.165) is 16.1 Å². The van der Waals surface area contributed by atoms with Crippen LogP contribution in [0.4, 0.5) is 11.5 Å². The zero-order valence-corrected chi connectivity index (χ0v) is 11.4. The summed E-state index contributed by atoms with van der Waals surface area (Å²) >= 11 is 1.39. The number of carbonyl (C=O) groups is 1. The fourth-order valence-electron chi connectivity index (χ4n) is 1.69. The number of nitrogens with one attached hydrogen (secondary N) is 1. The number of thiophene rings is 1. The number of anilines is 2. The lowest BCUT2D eigenvalue weighted by Gasteiger charge is -2.05. The van der Waals surface area contributed by atoms with Gasteiger partial charge in [-0.3, -0.25) is 4.79 Å². The average molecular weight is 261 g/mol. The second kappa shape index (κ2) is 4.78. The minimum Gasteiger partial charge on any atom is -0.398 e. The molecule has 0 bridgehead atoms. The quantitative estimate of drug-likeness (QED) is 0.873. The predicted octanol–water partition coefficient (Wildman–Crippen LogP) is 2.90. The predicted molar refractivity (Wildman–Crippen MR) is 75.1 cm³/mol. The van der Waals surface area contributed by atoms with Crippen molar-refractivity contribution in [2.24, 2.45) is 0 Å². The third-order valence-electron chi connectivity index (χ3n) is 2.52. The lowest BCUT2D eigenvalue weighted by molar-refractivity contribution is 0.103. The maximum absolute atomic E-state index is 12.0. The number of amides is 1. The van der Waals surface area contributed by atoms with Crippen LogP contribution in [0.25, 0.3) is 0 Å². The van der Waals surface area contributed by atoms with Gasteiger partial charge in [0.25, 0.3) is 5.91 Å². The molecule has 0 atom stereocenters. The highest BCUT2D eigenvalue weighted by atomic mass is 32.1. The lowest BCUT2D eigenvalue weighted by atomic mass is 10.2. The molecule has 2 aromatic rings. The molecule has 2 heterocycles. The smallest absolute Gasteiger partial charge is 0.266 e. The molecule has 0 aliphatic carbocycles. The van der Waals surface area contributed by atoms with E-state index in [0.29, 0.717) is 16.4 Å². The second-order valence-electron chi connectivity index (χ2n) is 4.25. The van der Waals surface area contributed by atoms with E-state index in [2.05, 4.69) is 10.3 Å². The van der Waals surface area contributed by atoms with E-state index in [1.807, 2.05) is 32.9 Å². The second-order valence-corrected chi connectivity index (χ2v) is 5.50. The molecule has 2 aromatic heterocycles. The van der Waals surface area contributed by atoms with Gasteiger partial charge in [0.1, 0.15) is 5.82 Å². The molecule has 0 aliphatic rings. The number of hydrogen-bond donors (Lipinski definition) is 2. The molecule has 0 unspecified atom stereocenters. The first-order valence-electron chi connectivity index (χ1n) is 5.58. The molecule has 4 nitrogen and oxygen atoms in total. The normalized spacial score (nSPS) is 10.4. The number of hydrogen-bond acceptors (Lipinski definition) is 4. The Labute approximate surface area is 110 Å². The molecule has 0 radical (unpaired) electrons. The van der Waals surface area contributed by atoms with Gasteiger partial charge in [0.05, 0.1) is 4.88 Å². The Kier molecular flexibility index (Phi) is 3.34. The fraction of sp³-hybridized carbons (Fsp3) is 0.231. The van der Waals surface area contributed by atoms with Gasteiger partial charge in [0.15, 0.2) is 0 Å². The Balaban J connectivity index is 2.21. The van der Waals surface area contributed by atoms with Crippen LogP contribution in [-0.2, 0) is 0 Å². The maximum Gasteiger partial charge on any atom is 0.266 e. The molecule has 18 heavy (non-hydrogen) atoms. The van der Waals surface area contributed by atoms with E-state index in [4.69, 9.17) is 5.73 Å². The summed E-state index contributed by atoms with van der Waals surface area (Å²) in [6.07, 6.45) is 0. The van der Waals surface area contributed by atoms with Gasteiger partial charge >= 0.3 is 0 Å². The van der Waals surface area contributed by atoms with Crippen molar-refractivity contribution in [3.63, 3.8) is 0 Å². The van der Waals surface area contributed by atoms with Crippen molar-refractivity contribution in [2.75, 3.05) is 11.1 Å². The molecule has 0 aliphatic heterocycles. The third-order valence-corrected chi connectivity index (χ3v) is 3.58. The highest BCUT2D eigenvalue weighted by Crippen LogP contribution is 2.24. The first-order chi connectivity index (χ1) is 8.45. The molecule has 2 rings (SSSR count). The topological polar surface area (TPSA) is 68.0 Å². The van der Waals surface area contributed by atoms with Crippen LogP contribution in [0.5, 0.6) is 0 Å². The minimum absolute atomic E-state index is 0.169. The van der Waals surface area contributed by atoms with E-state index < -0.39 is 0 Å². The van der Waals surface area contributed by atoms with Gasteiger partial charge in [-0.2, -0.15) is 0 Å². The fourth-order valence-corrected chi connectivity index (χ4v) is 2.53. The summed E-state index contributed by atoms with van der Waals surface area (Å²) in [5.74, 6) is 0.402. The molecule has 5 heteroatoms. The average Bonchev–Trinajstić information content (AvgIpc) is 2.57. The van der Waals surface area contributed by atoms with E-state index >= 15 is 0 Å². The van der Waals surface area contributed by atoms with E-state index in [1.165, 1.54) is 11.3 Å². The highest BCUT2D eigenvalue weighted by molar-refractivity contribution is 7.14. The summed E-state index contributed by atoms with van der Waals surface area (Å²) in [7, 11) is 0. The molecule has 3 N–H and O–H groups in total. The van der Waals surface area contributed by atoms with Gasteiger partial charge in [-0.1, -0.05) is 0 Å². The summed E-state index contributed by atoms with van der Waals surface area (Å²) in [5, 5.41) is 2.79. The van der Waals surface area contributed by atoms with Crippen molar-refractivity contribution in [1.29, 1.82) is 0 Å². The molecule has 0 aromatic carbocycles. The van der Waals surface area contributed by atoms with Crippen LogP contribution >= 0.6 is 11.3 Å². The van der Waals surface area contributed by atoms with Crippen LogP contribution in [0.2, 0.25) is 0 Å². The van der Waals surface area contributed by atoms with Gasteiger partial charge in [0, 0.05) is 16.3 Å². The Hall–Kier alpha value is -1.88. The van der Waals surface area contributed by atoms with Gasteiger partial charge in [-0.05, 0) is 44.5 Å². The number of aryl methyl sites for hydroxylation is 3. The zero-order chi connectivity index (χ0) is 13.3. The van der Waals surface area contributed by atoms with Crippen LogP contribution in [0.15, 0.2) is 18.2 Å². The summed E-state index contributed by atoms with van der Waals surface area (Å²) in [4.78, 5) is 17.8. The SMILES string of the molecule is Cc1cc(C)nc(NC(=O)c2cc(N)c(C)s2)c1. The zero-order valence-electron chi connectivity index (χ0n) is 10.6. The summed E-state index contributed by atoms with van der Waals surface area (Å²) in [5.41, 5.74) is 8.34. The molecule has 94 valence electrons. The summed E-state index contributed by atoms with van der Waals surface area (Å²) in [6, 6.07) is 5.50. The Morgan fingerprint density at radius 2 is 2.00 bits per heavy atom. The van der Waals surface area contributed by atoms with Crippen LogP contribution in [0.1, 0.15) is 25.8 Å². The Bertz CT molecular complexity index is 565. The maximum atomic E-state index is 12.0.